The summed E-state index contributed by atoms with van der Waals surface area (Å²) in [6.45, 7) is 0. The van der Waals surface area contributed by atoms with Crippen molar-refractivity contribution in [2.45, 2.75) is 6.04 Å². The van der Waals surface area contributed by atoms with E-state index in [4.69, 9.17) is 11.6 Å². The maximum Gasteiger partial charge on any atom is 0.272 e. The first-order chi connectivity index (χ1) is 16.0. The molecule has 1 heterocycles. The Morgan fingerprint density at radius 1 is 0.939 bits per heavy atom. The van der Waals surface area contributed by atoms with Crippen molar-refractivity contribution in [1.29, 1.82) is 0 Å². The molecule has 1 atom stereocenters. The Morgan fingerprint density at radius 3 is 2.36 bits per heavy atom. The maximum absolute atomic E-state index is 13.1. The highest BCUT2D eigenvalue weighted by atomic mass is 35.5. The van der Waals surface area contributed by atoms with Crippen LogP contribution in [-0.2, 0) is 4.79 Å². The number of aromatic amines is 1. The van der Waals surface area contributed by atoms with E-state index in [0.29, 0.717) is 26.9 Å². The van der Waals surface area contributed by atoms with Crippen LogP contribution in [0.3, 0.4) is 0 Å². The van der Waals surface area contributed by atoms with Gasteiger partial charge in [0.2, 0.25) is 0 Å². The van der Waals surface area contributed by atoms with Gasteiger partial charge in [-0.3, -0.25) is 14.4 Å². The molecule has 2 amide bonds. The van der Waals surface area contributed by atoms with Crippen LogP contribution in [0.1, 0.15) is 27.7 Å². The molecule has 0 fully saturated rings. The predicted molar refractivity (Wildman–Crippen MR) is 126 cm³/mol. The SMILES string of the molecule is O=C(N[C@H](C(=O)NN=Cc1ccccc1Cl)c1n[nH]c(=O)c2ccccc12)c1ccccc1. The lowest BCUT2D eigenvalue weighted by Gasteiger charge is -2.18. The van der Waals surface area contributed by atoms with E-state index in [1.165, 1.54) is 6.21 Å². The fraction of sp³-hybridized carbons (Fsp3) is 0.0417. The Hall–Kier alpha value is -4.30. The Kier molecular flexibility index (Phi) is 6.56. The highest BCUT2D eigenvalue weighted by molar-refractivity contribution is 6.33. The highest BCUT2D eigenvalue weighted by Gasteiger charge is 2.27. The summed E-state index contributed by atoms with van der Waals surface area (Å²) in [5.74, 6) is -1.13. The number of hydrogen-bond donors (Lipinski definition) is 3. The lowest BCUT2D eigenvalue weighted by Crippen LogP contribution is -2.40. The van der Waals surface area contributed by atoms with Gasteiger partial charge < -0.3 is 5.32 Å². The molecule has 0 spiro atoms. The third-order valence-electron chi connectivity index (χ3n) is 4.86. The van der Waals surface area contributed by atoms with E-state index in [1.807, 2.05) is 0 Å². The average Bonchev–Trinajstić information content (AvgIpc) is 2.85. The summed E-state index contributed by atoms with van der Waals surface area (Å²) >= 11 is 6.11. The predicted octanol–water partition coefficient (Wildman–Crippen LogP) is 3.20. The quantitative estimate of drug-likeness (QED) is 0.303. The number of nitrogens with one attached hydrogen (secondary N) is 3. The fourth-order valence-corrected chi connectivity index (χ4v) is 3.41. The summed E-state index contributed by atoms with van der Waals surface area (Å²) in [5, 5.41) is 14.4. The van der Waals surface area contributed by atoms with Crippen molar-refractivity contribution in [3.63, 3.8) is 0 Å². The number of H-pyrrole nitrogens is 1. The van der Waals surface area contributed by atoms with Crippen LogP contribution in [0.4, 0.5) is 0 Å². The summed E-state index contributed by atoms with van der Waals surface area (Å²) in [7, 11) is 0. The minimum atomic E-state index is -1.23. The molecule has 0 unspecified atom stereocenters. The molecule has 3 N–H and O–H groups in total. The fourth-order valence-electron chi connectivity index (χ4n) is 3.23. The lowest BCUT2D eigenvalue weighted by molar-refractivity contribution is -0.123. The number of rotatable bonds is 6. The molecule has 0 aliphatic heterocycles. The van der Waals surface area contributed by atoms with Crippen LogP contribution in [0.2, 0.25) is 5.02 Å². The van der Waals surface area contributed by atoms with Crippen molar-refractivity contribution >= 4 is 40.4 Å². The zero-order chi connectivity index (χ0) is 23.2. The molecule has 3 aromatic carbocycles. The second-order valence-corrected chi connectivity index (χ2v) is 7.42. The van der Waals surface area contributed by atoms with Crippen LogP contribution in [-0.4, -0.2) is 28.2 Å². The number of halogens is 1. The average molecular weight is 460 g/mol. The second-order valence-electron chi connectivity index (χ2n) is 7.01. The number of hydrogen-bond acceptors (Lipinski definition) is 5. The number of carbonyl (C=O) groups is 2. The van der Waals surface area contributed by atoms with Gasteiger partial charge in [0.15, 0.2) is 6.04 Å². The van der Waals surface area contributed by atoms with Crippen LogP contribution in [0.5, 0.6) is 0 Å². The molecule has 0 saturated carbocycles. The van der Waals surface area contributed by atoms with Crippen molar-refractivity contribution in [3.05, 3.63) is 111 Å². The van der Waals surface area contributed by atoms with Crippen LogP contribution >= 0.6 is 11.6 Å². The molecule has 164 valence electrons. The van der Waals surface area contributed by atoms with Gasteiger partial charge in [-0.2, -0.15) is 10.2 Å². The van der Waals surface area contributed by atoms with Crippen molar-refractivity contribution < 1.29 is 9.59 Å². The number of benzene rings is 3. The van der Waals surface area contributed by atoms with Crippen molar-refractivity contribution in [2.24, 2.45) is 5.10 Å². The Bertz CT molecular complexity index is 1400. The molecule has 0 aliphatic carbocycles. The van der Waals surface area contributed by atoms with Gasteiger partial charge in [-0.05, 0) is 24.3 Å². The van der Waals surface area contributed by atoms with Gasteiger partial charge in [0.25, 0.3) is 17.4 Å². The van der Waals surface area contributed by atoms with Crippen LogP contribution < -0.4 is 16.3 Å². The van der Waals surface area contributed by atoms with Crippen molar-refractivity contribution in [1.82, 2.24) is 20.9 Å². The van der Waals surface area contributed by atoms with Crippen molar-refractivity contribution in [2.75, 3.05) is 0 Å². The molecule has 0 aliphatic rings. The maximum atomic E-state index is 13.1. The van der Waals surface area contributed by atoms with Crippen LogP contribution in [0.15, 0.2) is 88.8 Å². The zero-order valence-corrected chi connectivity index (χ0v) is 17.9. The number of nitrogens with zero attached hydrogens (tertiary/aromatic N) is 2. The van der Waals surface area contributed by atoms with E-state index in [-0.39, 0.29) is 5.69 Å². The number of aromatic nitrogens is 2. The Labute approximate surface area is 193 Å². The summed E-state index contributed by atoms with van der Waals surface area (Å²) in [5.41, 5.74) is 3.17. The minimum absolute atomic E-state index is 0.180. The first-order valence-electron chi connectivity index (χ1n) is 9.95. The molecule has 1 aromatic heterocycles. The Morgan fingerprint density at radius 2 is 1.61 bits per heavy atom. The summed E-state index contributed by atoms with van der Waals surface area (Å²) in [6, 6.07) is 20.9. The van der Waals surface area contributed by atoms with Gasteiger partial charge in [-0.25, -0.2) is 10.5 Å². The molecule has 4 rings (SSSR count). The number of amides is 2. The van der Waals surface area contributed by atoms with Gasteiger partial charge in [0.05, 0.1) is 11.6 Å². The monoisotopic (exact) mass is 459 g/mol. The first kappa shape index (κ1) is 21.9. The summed E-state index contributed by atoms with van der Waals surface area (Å²) < 4.78 is 0. The standard InChI is InChI=1S/C24H18ClN5O3/c25-19-13-7-4-10-16(19)14-26-29-24(33)21(27-22(31)15-8-2-1-3-9-15)20-17-11-5-6-12-18(17)23(32)30-28-20/h1-14,21H,(H,27,31)(H,29,33)(H,30,32)/t21-/m0/s1. The van der Waals surface area contributed by atoms with Gasteiger partial charge >= 0.3 is 0 Å². The third kappa shape index (κ3) is 4.97. The molecule has 0 saturated heterocycles. The molecule has 4 aromatic rings. The Balaban J connectivity index is 1.68. The number of hydrazone groups is 1. The highest BCUT2D eigenvalue weighted by Crippen LogP contribution is 2.20. The van der Waals surface area contributed by atoms with E-state index < -0.39 is 23.4 Å². The zero-order valence-electron chi connectivity index (χ0n) is 17.2. The molecular formula is C24H18ClN5O3. The van der Waals surface area contributed by atoms with E-state index in [1.54, 1.807) is 78.9 Å². The largest absolute Gasteiger partial charge is 0.335 e. The van der Waals surface area contributed by atoms with Crippen molar-refractivity contribution in [3.8, 4) is 0 Å². The molecular weight excluding hydrogens is 442 g/mol. The van der Waals surface area contributed by atoms with Crippen LogP contribution in [0.25, 0.3) is 10.8 Å². The van der Waals surface area contributed by atoms with Gasteiger partial charge in [-0.1, -0.05) is 66.2 Å². The third-order valence-corrected chi connectivity index (χ3v) is 5.20. The van der Waals surface area contributed by atoms with E-state index in [9.17, 15) is 14.4 Å². The lowest BCUT2D eigenvalue weighted by atomic mass is 10.0. The summed E-state index contributed by atoms with van der Waals surface area (Å²) in [4.78, 5) is 38.1. The van der Waals surface area contributed by atoms with Gasteiger partial charge in [0, 0.05) is 21.5 Å². The molecule has 0 bridgehead atoms. The normalized spacial score (nSPS) is 11.9. The molecule has 9 heteroatoms. The van der Waals surface area contributed by atoms with E-state index >= 15 is 0 Å². The summed E-state index contributed by atoms with van der Waals surface area (Å²) in [6.07, 6.45) is 1.40. The topological polar surface area (TPSA) is 116 Å². The van der Waals surface area contributed by atoms with Gasteiger partial charge in [-0.15, -0.1) is 0 Å². The first-order valence-corrected chi connectivity index (χ1v) is 10.3. The molecule has 33 heavy (non-hydrogen) atoms. The number of carbonyl (C=O) groups excluding carboxylic acids is 2. The number of fused-ring (bicyclic) bond motifs is 1. The molecule has 8 nitrogen and oxygen atoms in total. The smallest absolute Gasteiger partial charge is 0.272 e. The van der Waals surface area contributed by atoms with Crippen LogP contribution in [0, 0.1) is 0 Å². The minimum Gasteiger partial charge on any atom is -0.335 e. The second kappa shape index (κ2) is 9.88. The van der Waals surface area contributed by atoms with E-state index in [0.717, 1.165) is 0 Å². The molecule has 0 radical (unpaired) electrons. The van der Waals surface area contributed by atoms with E-state index in [2.05, 4.69) is 26.0 Å². The van der Waals surface area contributed by atoms with Gasteiger partial charge in [0.1, 0.15) is 5.69 Å².